The van der Waals surface area contributed by atoms with Crippen molar-refractivity contribution < 1.29 is 9.90 Å². The third kappa shape index (κ3) is 7.33. The lowest BCUT2D eigenvalue weighted by molar-refractivity contribution is 0.0697. The summed E-state index contributed by atoms with van der Waals surface area (Å²) in [5.41, 5.74) is 0.334. The van der Waals surface area contributed by atoms with Gasteiger partial charge in [-0.25, -0.2) is 4.79 Å². The van der Waals surface area contributed by atoms with E-state index in [1.165, 1.54) is 19.6 Å². The molecule has 0 amide bonds. The maximum absolute atomic E-state index is 10.3. The molecule has 0 fully saturated rings. The largest absolute Gasteiger partial charge is 0.478 e. The Morgan fingerprint density at radius 3 is 1.76 bits per heavy atom. The second-order valence-corrected chi connectivity index (χ2v) is 4.68. The smallest absolute Gasteiger partial charge is 0.335 e. The van der Waals surface area contributed by atoms with E-state index in [1.807, 2.05) is 0 Å². The van der Waals surface area contributed by atoms with Crippen LogP contribution < -0.4 is 0 Å². The van der Waals surface area contributed by atoms with Gasteiger partial charge in [-0.2, -0.15) is 0 Å². The van der Waals surface area contributed by atoms with Crippen LogP contribution in [0, 0.1) is 3.57 Å². The van der Waals surface area contributed by atoms with Crippen molar-refractivity contribution in [3.05, 3.63) is 33.4 Å². The Morgan fingerprint density at radius 1 is 1.12 bits per heavy atom. The Balaban J connectivity index is 0.000000325. The van der Waals surface area contributed by atoms with Gasteiger partial charge in [0.1, 0.15) is 0 Å². The molecule has 0 bridgehead atoms. The lowest BCUT2D eigenvalue weighted by atomic mass is 10.2. The zero-order valence-corrected chi connectivity index (χ0v) is 12.8. The fourth-order valence-corrected chi connectivity index (χ4v) is 1.62. The van der Waals surface area contributed by atoms with E-state index in [1.54, 1.807) is 24.3 Å². The van der Waals surface area contributed by atoms with Crippen molar-refractivity contribution in [2.75, 3.05) is 19.6 Å². The SMILES string of the molecule is CCN(CC)CC.O=C(O)c1ccc(I)cc1. The number of benzene rings is 1. The van der Waals surface area contributed by atoms with Crippen LogP contribution in [0.4, 0.5) is 0 Å². The molecule has 0 unspecified atom stereocenters. The average Bonchev–Trinajstić information content (AvgIpc) is 2.32. The number of carboxylic acids is 1. The van der Waals surface area contributed by atoms with Gasteiger partial charge in [-0.15, -0.1) is 0 Å². The number of halogens is 1. The standard InChI is InChI=1S/C7H5IO2.C6H15N/c8-6-3-1-5(2-4-6)7(9)10;1-4-7(5-2)6-3/h1-4H,(H,9,10);4-6H2,1-3H3. The molecule has 1 aromatic rings. The van der Waals surface area contributed by atoms with E-state index >= 15 is 0 Å². The molecule has 17 heavy (non-hydrogen) atoms. The molecule has 96 valence electrons. The minimum absolute atomic E-state index is 0.334. The van der Waals surface area contributed by atoms with Gasteiger partial charge in [0, 0.05) is 3.57 Å². The first kappa shape index (κ1) is 16.4. The van der Waals surface area contributed by atoms with Gasteiger partial charge in [-0.3, -0.25) is 0 Å². The number of hydrogen-bond acceptors (Lipinski definition) is 2. The highest BCUT2D eigenvalue weighted by molar-refractivity contribution is 14.1. The van der Waals surface area contributed by atoms with Crippen LogP contribution in [0.15, 0.2) is 24.3 Å². The van der Waals surface area contributed by atoms with E-state index in [2.05, 4.69) is 48.3 Å². The highest BCUT2D eigenvalue weighted by Crippen LogP contribution is 2.05. The fraction of sp³-hybridized carbons (Fsp3) is 0.462. The summed E-state index contributed by atoms with van der Waals surface area (Å²) in [6.45, 7) is 10.1. The normalized spacial score (nSPS) is 9.71. The van der Waals surface area contributed by atoms with E-state index in [9.17, 15) is 4.79 Å². The van der Waals surface area contributed by atoms with E-state index in [0.717, 1.165) is 3.57 Å². The number of carbonyl (C=O) groups is 1. The van der Waals surface area contributed by atoms with Gasteiger partial charge in [-0.05, 0) is 66.5 Å². The Morgan fingerprint density at radius 2 is 1.53 bits per heavy atom. The molecule has 0 aliphatic carbocycles. The molecule has 0 saturated carbocycles. The van der Waals surface area contributed by atoms with E-state index < -0.39 is 5.97 Å². The minimum atomic E-state index is -0.878. The molecule has 0 heterocycles. The molecule has 0 aliphatic heterocycles. The van der Waals surface area contributed by atoms with Gasteiger partial charge in [0.15, 0.2) is 0 Å². The van der Waals surface area contributed by atoms with Gasteiger partial charge in [0.2, 0.25) is 0 Å². The first-order valence-electron chi connectivity index (χ1n) is 5.76. The van der Waals surface area contributed by atoms with E-state index in [0.29, 0.717) is 5.56 Å². The minimum Gasteiger partial charge on any atom is -0.478 e. The number of hydrogen-bond donors (Lipinski definition) is 1. The maximum Gasteiger partial charge on any atom is 0.335 e. The monoisotopic (exact) mass is 349 g/mol. The molecular weight excluding hydrogens is 329 g/mol. The molecule has 0 spiro atoms. The summed E-state index contributed by atoms with van der Waals surface area (Å²) in [4.78, 5) is 12.7. The fourth-order valence-electron chi connectivity index (χ4n) is 1.26. The van der Waals surface area contributed by atoms with Gasteiger partial charge in [0.25, 0.3) is 0 Å². The van der Waals surface area contributed by atoms with E-state index in [-0.39, 0.29) is 0 Å². The zero-order valence-electron chi connectivity index (χ0n) is 10.6. The summed E-state index contributed by atoms with van der Waals surface area (Å²) in [5, 5.41) is 8.47. The summed E-state index contributed by atoms with van der Waals surface area (Å²) in [5.74, 6) is -0.878. The molecule has 1 aromatic carbocycles. The van der Waals surface area contributed by atoms with Crippen molar-refractivity contribution in [3.63, 3.8) is 0 Å². The molecule has 0 radical (unpaired) electrons. The van der Waals surface area contributed by atoms with Crippen molar-refractivity contribution >= 4 is 28.6 Å². The van der Waals surface area contributed by atoms with Crippen LogP contribution in [-0.4, -0.2) is 35.6 Å². The van der Waals surface area contributed by atoms with Gasteiger partial charge >= 0.3 is 5.97 Å². The molecule has 0 aliphatic rings. The number of aromatic carboxylic acids is 1. The summed E-state index contributed by atoms with van der Waals surface area (Å²) in [7, 11) is 0. The lowest BCUT2D eigenvalue weighted by Gasteiger charge is -2.13. The van der Waals surface area contributed by atoms with Gasteiger partial charge in [-0.1, -0.05) is 20.8 Å². The maximum atomic E-state index is 10.3. The predicted octanol–water partition coefficient (Wildman–Crippen LogP) is 3.34. The number of nitrogens with zero attached hydrogens (tertiary/aromatic N) is 1. The van der Waals surface area contributed by atoms with Gasteiger partial charge in [0.05, 0.1) is 5.56 Å². The van der Waals surface area contributed by atoms with Crippen molar-refractivity contribution in [1.29, 1.82) is 0 Å². The average molecular weight is 349 g/mol. The third-order valence-corrected chi connectivity index (χ3v) is 3.15. The summed E-state index contributed by atoms with van der Waals surface area (Å²) >= 11 is 2.13. The van der Waals surface area contributed by atoms with Crippen LogP contribution in [0.1, 0.15) is 31.1 Å². The Kier molecular flexibility index (Phi) is 9.07. The van der Waals surface area contributed by atoms with Crippen LogP contribution in [0.3, 0.4) is 0 Å². The van der Waals surface area contributed by atoms with Crippen molar-refractivity contribution in [2.45, 2.75) is 20.8 Å². The number of rotatable bonds is 4. The predicted molar refractivity (Wildman–Crippen MR) is 79.6 cm³/mol. The molecule has 3 nitrogen and oxygen atoms in total. The lowest BCUT2D eigenvalue weighted by Crippen LogP contribution is -2.21. The second-order valence-electron chi connectivity index (χ2n) is 3.43. The zero-order chi connectivity index (χ0) is 13.3. The van der Waals surface area contributed by atoms with Crippen molar-refractivity contribution in [1.82, 2.24) is 4.90 Å². The quantitative estimate of drug-likeness (QED) is 0.848. The molecular formula is C13H20INO2. The molecule has 0 saturated heterocycles. The van der Waals surface area contributed by atoms with Crippen LogP contribution >= 0.6 is 22.6 Å². The van der Waals surface area contributed by atoms with Gasteiger partial charge < -0.3 is 10.0 Å². The van der Waals surface area contributed by atoms with E-state index in [4.69, 9.17) is 5.11 Å². The highest BCUT2D eigenvalue weighted by Gasteiger charge is 1.98. The summed E-state index contributed by atoms with van der Waals surface area (Å²) < 4.78 is 1.04. The molecule has 0 atom stereocenters. The van der Waals surface area contributed by atoms with Crippen LogP contribution in [0.5, 0.6) is 0 Å². The Hall–Kier alpha value is -0.620. The molecule has 4 heteroatoms. The number of carboxylic acid groups (broad SMARTS) is 1. The topological polar surface area (TPSA) is 40.5 Å². The summed E-state index contributed by atoms with van der Waals surface area (Å²) in [6.07, 6.45) is 0. The van der Waals surface area contributed by atoms with Crippen LogP contribution in [-0.2, 0) is 0 Å². The second kappa shape index (κ2) is 9.41. The van der Waals surface area contributed by atoms with Crippen molar-refractivity contribution in [3.8, 4) is 0 Å². The first-order chi connectivity index (χ1) is 8.04. The Bertz CT molecular complexity index is 315. The van der Waals surface area contributed by atoms with Crippen LogP contribution in [0.25, 0.3) is 0 Å². The first-order valence-corrected chi connectivity index (χ1v) is 6.84. The molecule has 1 N–H and O–H groups in total. The summed E-state index contributed by atoms with van der Waals surface area (Å²) in [6, 6.07) is 6.71. The highest BCUT2D eigenvalue weighted by atomic mass is 127. The van der Waals surface area contributed by atoms with Crippen LogP contribution in [0.2, 0.25) is 0 Å². The van der Waals surface area contributed by atoms with Crippen molar-refractivity contribution in [2.24, 2.45) is 0 Å². The molecule has 0 aromatic heterocycles. The third-order valence-electron chi connectivity index (χ3n) is 2.43. The molecule has 1 rings (SSSR count). The Labute approximate surface area is 117 Å².